The van der Waals surface area contributed by atoms with Gasteiger partial charge in [0.2, 0.25) is 0 Å². The topological polar surface area (TPSA) is 26.3 Å². The second kappa shape index (κ2) is 8.01. The molecule has 0 aliphatic heterocycles. The molecule has 26 heavy (non-hydrogen) atoms. The Hall–Kier alpha value is -2.87. The van der Waals surface area contributed by atoms with Gasteiger partial charge in [0.05, 0.1) is 12.7 Å². The fourth-order valence-corrected chi connectivity index (χ4v) is 3.49. The van der Waals surface area contributed by atoms with Crippen molar-refractivity contribution in [1.29, 1.82) is 0 Å². The third-order valence-corrected chi connectivity index (χ3v) is 4.72. The van der Waals surface area contributed by atoms with Gasteiger partial charge in [-0.05, 0) is 47.2 Å². The molecule has 132 valence electrons. The molecule has 0 aliphatic rings. The van der Waals surface area contributed by atoms with Crippen molar-refractivity contribution in [3.05, 3.63) is 83.4 Å². The number of aryl methyl sites for hydroxylation is 1. The summed E-state index contributed by atoms with van der Waals surface area (Å²) in [4.78, 5) is 12.5. The molecule has 0 unspecified atom stereocenters. The second-order valence-corrected chi connectivity index (χ2v) is 6.44. The van der Waals surface area contributed by atoms with Crippen molar-refractivity contribution < 1.29 is 9.53 Å². The van der Waals surface area contributed by atoms with Crippen LogP contribution in [0.25, 0.3) is 22.3 Å². The highest BCUT2D eigenvalue weighted by Gasteiger charge is 2.21. The standard InChI is InChI=1S/C24H24O2/c1-4-10-21-20(18-12-6-5-7-13-18)15-16-22(24(25)26-3)23(21)19-14-9-8-11-17(19)2/h5-9,11-16H,4,10H2,1-3H3. The van der Waals surface area contributed by atoms with Gasteiger partial charge in [-0.2, -0.15) is 0 Å². The molecule has 0 aromatic heterocycles. The van der Waals surface area contributed by atoms with E-state index < -0.39 is 0 Å². The summed E-state index contributed by atoms with van der Waals surface area (Å²) in [7, 11) is 1.44. The molecule has 0 aliphatic carbocycles. The van der Waals surface area contributed by atoms with Gasteiger partial charge in [0.1, 0.15) is 0 Å². The fraction of sp³-hybridized carbons (Fsp3) is 0.208. The lowest BCUT2D eigenvalue weighted by molar-refractivity contribution is 0.0601. The van der Waals surface area contributed by atoms with Gasteiger partial charge < -0.3 is 4.74 Å². The zero-order valence-electron chi connectivity index (χ0n) is 15.6. The van der Waals surface area contributed by atoms with Crippen molar-refractivity contribution in [2.45, 2.75) is 26.7 Å². The Morgan fingerprint density at radius 1 is 0.885 bits per heavy atom. The molecular weight excluding hydrogens is 320 g/mol. The number of methoxy groups -OCH3 is 1. The van der Waals surface area contributed by atoms with Gasteiger partial charge in [-0.25, -0.2) is 4.79 Å². The van der Waals surface area contributed by atoms with Gasteiger partial charge >= 0.3 is 5.97 Å². The highest BCUT2D eigenvalue weighted by molar-refractivity contribution is 6.00. The first-order valence-electron chi connectivity index (χ1n) is 9.03. The van der Waals surface area contributed by atoms with Gasteiger partial charge in [-0.1, -0.05) is 74.0 Å². The Balaban J connectivity index is 2.36. The van der Waals surface area contributed by atoms with Crippen LogP contribution in [0.5, 0.6) is 0 Å². The molecule has 0 saturated carbocycles. The number of carbonyl (C=O) groups is 1. The number of hydrogen-bond acceptors (Lipinski definition) is 2. The lowest BCUT2D eigenvalue weighted by Gasteiger charge is -2.20. The molecule has 0 saturated heterocycles. The Bertz CT molecular complexity index is 911. The van der Waals surface area contributed by atoms with Crippen LogP contribution in [-0.4, -0.2) is 13.1 Å². The molecule has 0 amide bonds. The van der Waals surface area contributed by atoms with E-state index in [0.717, 1.165) is 29.5 Å². The molecule has 3 rings (SSSR count). The van der Waals surface area contributed by atoms with Crippen LogP contribution in [0.15, 0.2) is 66.7 Å². The summed E-state index contributed by atoms with van der Waals surface area (Å²) < 4.78 is 5.08. The van der Waals surface area contributed by atoms with E-state index in [1.165, 1.54) is 23.8 Å². The van der Waals surface area contributed by atoms with Crippen LogP contribution in [0.4, 0.5) is 0 Å². The summed E-state index contributed by atoms with van der Waals surface area (Å²) in [6.07, 6.45) is 1.90. The SMILES string of the molecule is CCCc1c(-c2ccccc2)ccc(C(=O)OC)c1-c1ccccc1C. The van der Waals surface area contributed by atoms with Crippen molar-refractivity contribution in [3.8, 4) is 22.3 Å². The first-order chi connectivity index (χ1) is 12.7. The first-order valence-corrected chi connectivity index (χ1v) is 9.03. The lowest BCUT2D eigenvalue weighted by atomic mass is 9.85. The van der Waals surface area contributed by atoms with Crippen LogP contribution < -0.4 is 0 Å². The van der Waals surface area contributed by atoms with Crippen molar-refractivity contribution in [2.75, 3.05) is 7.11 Å². The molecule has 0 spiro atoms. The Morgan fingerprint density at radius 2 is 1.58 bits per heavy atom. The second-order valence-electron chi connectivity index (χ2n) is 6.44. The first kappa shape index (κ1) is 17.9. The average molecular weight is 344 g/mol. The summed E-state index contributed by atoms with van der Waals surface area (Å²) in [5, 5.41) is 0. The maximum Gasteiger partial charge on any atom is 0.338 e. The van der Waals surface area contributed by atoms with Crippen LogP contribution in [0, 0.1) is 6.92 Å². The summed E-state index contributed by atoms with van der Waals surface area (Å²) >= 11 is 0. The molecule has 0 bridgehead atoms. The van der Waals surface area contributed by atoms with E-state index in [4.69, 9.17) is 4.74 Å². The zero-order valence-corrected chi connectivity index (χ0v) is 15.6. The number of carbonyl (C=O) groups excluding carboxylic acids is 1. The molecule has 3 aromatic carbocycles. The Kier molecular flexibility index (Phi) is 5.52. The normalized spacial score (nSPS) is 10.6. The highest BCUT2D eigenvalue weighted by atomic mass is 16.5. The van der Waals surface area contributed by atoms with Crippen LogP contribution in [-0.2, 0) is 11.2 Å². The summed E-state index contributed by atoms with van der Waals surface area (Å²) in [6, 6.07) is 22.5. The van der Waals surface area contributed by atoms with E-state index in [0.29, 0.717) is 5.56 Å². The van der Waals surface area contributed by atoms with E-state index >= 15 is 0 Å². The molecule has 0 N–H and O–H groups in total. The molecule has 2 heteroatoms. The van der Waals surface area contributed by atoms with Crippen LogP contribution >= 0.6 is 0 Å². The summed E-state index contributed by atoms with van der Waals surface area (Å²) in [5.74, 6) is -0.291. The zero-order chi connectivity index (χ0) is 18.5. The predicted octanol–water partition coefficient (Wildman–Crippen LogP) is 6.07. The highest BCUT2D eigenvalue weighted by Crippen LogP contribution is 2.37. The largest absolute Gasteiger partial charge is 0.465 e. The quantitative estimate of drug-likeness (QED) is 0.525. The Morgan fingerprint density at radius 3 is 2.23 bits per heavy atom. The maximum atomic E-state index is 12.5. The minimum absolute atomic E-state index is 0.291. The van der Waals surface area contributed by atoms with Gasteiger partial charge in [0.25, 0.3) is 0 Å². The molecule has 2 nitrogen and oxygen atoms in total. The van der Waals surface area contributed by atoms with Crippen molar-refractivity contribution in [2.24, 2.45) is 0 Å². The minimum atomic E-state index is -0.291. The maximum absolute atomic E-state index is 12.5. The van der Waals surface area contributed by atoms with Crippen LogP contribution in [0.2, 0.25) is 0 Å². The Labute approximate surface area is 155 Å². The molecule has 3 aromatic rings. The van der Waals surface area contributed by atoms with Gasteiger partial charge in [-0.15, -0.1) is 0 Å². The van der Waals surface area contributed by atoms with Crippen molar-refractivity contribution in [1.82, 2.24) is 0 Å². The minimum Gasteiger partial charge on any atom is -0.465 e. The van der Waals surface area contributed by atoms with Crippen molar-refractivity contribution in [3.63, 3.8) is 0 Å². The third-order valence-electron chi connectivity index (χ3n) is 4.72. The summed E-state index contributed by atoms with van der Waals surface area (Å²) in [6.45, 7) is 4.25. The van der Waals surface area contributed by atoms with Gasteiger partial charge in [0, 0.05) is 5.56 Å². The number of ether oxygens (including phenoxy) is 1. The van der Waals surface area contributed by atoms with E-state index in [1.807, 2.05) is 42.5 Å². The number of hydrogen-bond donors (Lipinski definition) is 0. The van der Waals surface area contributed by atoms with Gasteiger partial charge in [-0.3, -0.25) is 0 Å². The van der Waals surface area contributed by atoms with E-state index in [-0.39, 0.29) is 5.97 Å². The molecule has 0 heterocycles. The smallest absolute Gasteiger partial charge is 0.338 e. The molecule has 0 radical (unpaired) electrons. The average Bonchev–Trinajstić information content (AvgIpc) is 2.68. The van der Waals surface area contributed by atoms with Crippen LogP contribution in [0.3, 0.4) is 0 Å². The predicted molar refractivity (Wildman–Crippen MR) is 107 cm³/mol. The third kappa shape index (κ3) is 3.41. The molecular formula is C24H24O2. The van der Waals surface area contributed by atoms with E-state index in [9.17, 15) is 4.79 Å². The van der Waals surface area contributed by atoms with E-state index in [1.54, 1.807) is 0 Å². The molecule has 0 atom stereocenters. The lowest BCUT2D eigenvalue weighted by Crippen LogP contribution is -2.08. The fourth-order valence-electron chi connectivity index (χ4n) is 3.49. The number of esters is 1. The van der Waals surface area contributed by atoms with E-state index in [2.05, 4.69) is 38.1 Å². The van der Waals surface area contributed by atoms with Gasteiger partial charge in [0.15, 0.2) is 0 Å². The van der Waals surface area contributed by atoms with Crippen LogP contribution in [0.1, 0.15) is 34.8 Å². The summed E-state index contributed by atoms with van der Waals surface area (Å²) in [5.41, 5.74) is 7.42. The number of benzene rings is 3. The van der Waals surface area contributed by atoms with Crippen molar-refractivity contribution >= 4 is 5.97 Å². The molecule has 0 fully saturated rings. The monoisotopic (exact) mass is 344 g/mol. The number of rotatable bonds is 5.